The normalized spacial score (nSPS) is 9.64. The van der Waals surface area contributed by atoms with Crippen LogP contribution >= 0.6 is 0 Å². The molecule has 0 aliphatic carbocycles. The minimum absolute atomic E-state index is 0.0908. The number of aryl methyl sites for hydroxylation is 1. The van der Waals surface area contributed by atoms with E-state index in [1.807, 2.05) is 0 Å². The number of nitrogens with two attached hydrogens (primary N) is 1. The Balaban J connectivity index is 3.15. The number of aromatic nitrogens is 1. The Kier molecular flexibility index (Phi) is 1.85. The maximum absolute atomic E-state index is 12.7. The number of carbonyl (C=O) groups is 1. The van der Waals surface area contributed by atoms with Gasteiger partial charge in [-0.3, -0.25) is 9.78 Å². The lowest BCUT2D eigenvalue weighted by atomic mass is 10.2. The molecular formula is C7H7FN2O. The fourth-order valence-electron chi connectivity index (χ4n) is 0.641. The van der Waals surface area contributed by atoms with Crippen molar-refractivity contribution in [3.8, 4) is 0 Å². The number of halogens is 1. The second-order valence-corrected chi connectivity index (χ2v) is 2.16. The highest BCUT2D eigenvalue weighted by Crippen LogP contribution is 2.04. The highest BCUT2D eigenvalue weighted by molar-refractivity contribution is 5.92. The molecule has 0 saturated carbocycles. The molecule has 0 fully saturated rings. The van der Waals surface area contributed by atoms with Crippen molar-refractivity contribution in [3.05, 3.63) is 29.3 Å². The van der Waals surface area contributed by atoms with Crippen molar-refractivity contribution in [1.82, 2.24) is 4.98 Å². The molecule has 0 bridgehead atoms. The van der Waals surface area contributed by atoms with Crippen LogP contribution in [0.5, 0.6) is 0 Å². The summed E-state index contributed by atoms with van der Waals surface area (Å²) in [6, 6.07) is 1.07. The highest BCUT2D eigenvalue weighted by Gasteiger charge is 2.03. The molecule has 0 aliphatic rings. The lowest BCUT2D eigenvalue weighted by molar-refractivity contribution is 0.0999. The van der Waals surface area contributed by atoms with Crippen LogP contribution in [0.2, 0.25) is 0 Å². The average molecular weight is 154 g/mol. The van der Waals surface area contributed by atoms with E-state index in [0.29, 0.717) is 0 Å². The van der Waals surface area contributed by atoms with Crippen LogP contribution < -0.4 is 5.73 Å². The Hall–Kier alpha value is -1.45. The van der Waals surface area contributed by atoms with Crippen LogP contribution in [0, 0.1) is 12.7 Å². The van der Waals surface area contributed by atoms with Crippen LogP contribution in [-0.2, 0) is 0 Å². The third-order valence-electron chi connectivity index (χ3n) is 1.31. The number of amides is 1. The standard InChI is InChI=1S/C7H7FN2O/c1-4-6(8)2-5(3-10-4)7(9)11/h2-3H,1H3,(H2,9,11). The van der Waals surface area contributed by atoms with Crippen molar-refractivity contribution in [2.75, 3.05) is 0 Å². The van der Waals surface area contributed by atoms with Crippen LogP contribution in [0.25, 0.3) is 0 Å². The Bertz CT molecular complexity index is 298. The van der Waals surface area contributed by atoms with Crippen LogP contribution in [0.3, 0.4) is 0 Å². The van der Waals surface area contributed by atoms with Crippen LogP contribution in [-0.4, -0.2) is 10.9 Å². The summed E-state index contributed by atoms with van der Waals surface area (Å²) in [5.74, 6) is -1.18. The van der Waals surface area contributed by atoms with Crippen molar-refractivity contribution >= 4 is 5.91 Å². The summed E-state index contributed by atoms with van der Waals surface area (Å²) in [7, 11) is 0. The molecule has 3 nitrogen and oxygen atoms in total. The molecule has 1 heterocycles. The van der Waals surface area contributed by atoms with Gasteiger partial charge < -0.3 is 5.73 Å². The summed E-state index contributed by atoms with van der Waals surface area (Å²) in [6.07, 6.45) is 1.25. The summed E-state index contributed by atoms with van der Waals surface area (Å²) < 4.78 is 12.7. The topological polar surface area (TPSA) is 56.0 Å². The van der Waals surface area contributed by atoms with E-state index in [4.69, 9.17) is 5.73 Å². The van der Waals surface area contributed by atoms with Gasteiger partial charge in [0.2, 0.25) is 5.91 Å². The number of carbonyl (C=O) groups excluding carboxylic acids is 1. The fourth-order valence-corrected chi connectivity index (χ4v) is 0.641. The zero-order valence-electron chi connectivity index (χ0n) is 5.97. The first-order chi connectivity index (χ1) is 5.11. The molecule has 0 atom stereocenters. The Labute approximate surface area is 63.0 Å². The second-order valence-electron chi connectivity index (χ2n) is 2.16. The monoisotopic (exact) mass is 154 g/mol. The quantitative estimate of drug-likeness (QED) is 0.644. The first-order valence-corrected chi connectivity index (χ1v) is 3.03. The van der Waals surface area contributed by atoms with Gasteiger partial charge in [-0.15, -0.1) is 0 Å². The number of nitrogens with zero attached hydrogens (tertiary/aromatic N) is 1. The number of rotatable bonds is 1. The van der Waals surface area contributed by atoms with Gasteiger partial charge in [-0.05, 0) is 13.0 Å². The number of hydrogen-bond donors (Lipinski definition) is 1. The van der Waals surface area contributed by atoms with Crippen molar-refractivity contribution in [1.29, 1.82) is 0 Å². The van der Waals surface area contributed by atoms with Crippen molar-refractivity contribution < 1.29 is 9.18 Å². The minimum atomic E-state index is -0.670. The highest BCUT2D eigenvalue weighted by atomic mass is 19.1. The van der Waals surface area contributed by atoms with E-state index in [1.54, 1.807) is 0 Å². The molecule has 0 spiro atoms. The van der Waals surface area contributed by atoms with Gasteiger partial charge in [-0.1, -0.05) is 0 Å². The van der Waals surface area contributed by atoms with Gasteiger partial charge in [0.25, 0.3) is 0 Å². The van der Waals surface area contributed by atoms with E-state index >= 15 is 0 Å². The molecule has 4 heteroatoms. The van der Waals surface area contributed by atoms with Gasteiger partial charge >= 0.3 is 0 Å². The van der Waals surface area contributed by atoms with E-state index in [-0.39, 0.29) is 11.3 Å². The van der Waals surface area contributed by atoms with Crippen LogP contribution in [0.1, 0.15) is 16.1 Å². The van der Waals surface area contributed by atoms with E-state index < -0.39 is 11.7 Å². The number of hydrogen-bond acceptors (Lipinski definition) is 2. The Morgan fingerprint density at radius 3 is 2.82 bits per heavy atom. The fraction of sp³-hybridized carbons (Fsp3) is 0.143. The Morgan fingerprint density at radius 2 is 2.36 bits per heavy atom. The smallest absolute Gasteiger partial charge is 0.250 e. The molecule has 0 radical (unpaired) electrons. The van der Waals surface area contributed by atoms with E-state index in [0.717, 1.165) is 6.07 Å². The van der Waals surface area contributed by atoms with Gasteiger partial charge in [0.05, 0.1) is 11.3 Å². The van der Waals surface area contributed by atoms with E-state index in [9.17, 15) is 9.18 Å². The third-order valence-corrected chi connectivity index (χ3v) is 1.31. The number of pyridine rings is 1. The summed E-state index contributed by atoms with van der Waals surface area (Å²) in [6.45, 7) is 1.51. The van der Waals surface area contributed by atoms with Gasteiger partial charge in [0, 0.05) is 6.20 Å². The van der Waals surface area contributed by atoms with E-state index in [2.05, 4.69) is 4.98 Å². The molecule has 1 aromatic rings. The first-order valence-electron chi connectivity index (χ1n) is 3.03. The largest absolute Gasteiger partial charge is 0.366 e. The summed E-state index contributed by atoms with van der Waals surface area (Å²) in [5, 5.41) is 0. The van der Waals surface area contributed by atoms with Gasteiger partial charge in [-0.2, -0.15) is 0 Å². The first kappa shape index (κ1) is 7.65. The average Bonchev–Trinajstić information content (AvgIpc) is 1.94. The maximum Gasteiger partial charge on any atom is 0.250 e. The zero-order chi connectivity index (χ0) is 8.43. The van der Waals surface area contributed by atoms with Gasteiger partial charge in [0.15, 0.2) is 0 Å². The SMILES string of the molecule is Cc1ncc(C(N)=O)cc1F. The predicted molar refractivity (Wildman–Crippen MR) is 37.4 cm³/mol. The van der Waals surface area contributed by atoms with Crippen LogP contribution in [0.15, 0.2) is 12.3 Å². The van der Waals surface area contributed by atoms with Crippen molar-refractivity contribution in [3.63, 3.8) is 0 Å². The van der Waals surface area contributed by atoms with Gasteiger partial charge in [0.1, 0.15) is 5.82 Å². The summed E-state index contributed by atoms with van der Waals surface area (Å²) >= 11 is 0. The lowest BCUT2D eigenvalue weighted by Crippen LogP contribution is -2.11. The molecule has 0 aromatic carbocycles. The lowest BCUT2D eigenvalue weighted by Gasteiger charge is -1.96. The number of primary amides is 1. The molecule has 0 unspecified atom stereocenters. The summed E-state index contributed by atoms with van der Waals surface area (Å²) in [5.41, 5.74) is 5.24. The molecule has 0 aliphatic heterocycles. The summed E-state index contributed by atoms with van der Waals surface area (Å²) in [4.78, 5) is 14.1. The molecule has 1 rings (SSSR count). The van der Waals surface area contributed by atoms with E-state index in [1.165, 1.54) is 13.1 Å². The molecule has 58 valence electrons. The Morgan fingerprint density at radius 1 is 1.73 bits per heavy atom. The molecular weight excluding hydrogens is 147 g/mol. The molecule has 1 amide bonds. The minimum Gasteiger partial charge on any atom is -0.366 e. The third kappa shape index (κ3) is 1.52. The maximum atomic E-state index is 12.7. The van der Waals surface area contributed by atoms with Gasteiger partial charge in [-0.25, -0.2) is 4.39 Å². The zero-order valence-corrected chi connectivity index (χ0v) is 5.97. The molecule has 1 aromatic heterocycles. The van der Waals surface area contributed by atoms with Crippen molar-refractivity contribution in [2.45, 2.75) is 6.92 Å². The van der Waals surface area contributed by atoms with Crippen molar-refractivity contribution in [2.24, 2.45) is 5.73 Å². The second kappa shape index (κ2) is 2.65. The molecule has 0 saturated heterocycles. The molecule has 11 heavy (non-hydrogen) atoms. The molecule has 2 N–H and O–H groups in total. The van der Waals surface area contributed by atoms with Crippen LogP contribution in [0.4, 0.5) is 4.39 Å². The predicted octanol–water partition coefficient (Wildman–Crippen LogP) is 0.628.